The highest BCUT2D eigenvalue weighted by atomic mass is 32.1. The third kappa shape index (κ3) is 5.40. The summed E-state index contributed by atoms with van der Waals surface area (Å²) < 4.78 is 6.44. The minimum Gasteiger partial charge on any atom is -0.381 e. The van der Waals surface area contributed by atoms with Gasteiger partial charge in [0.2, 0.25) is 0 Å². The van der Waals surface area contributed by atoms with Gasteiger partial charge in [0.15, 0.2) is 5.82 Å². The Morgan fingerprint density at radius 2 is 1.81 bits per heavy atom. The van der Waals surface area contributed by atoms with Crippen molar-refractivity contribution in [3.05, 3.63) is 82.9 Å². The van der Waals surface area contributed by atoms with E-state index in [1.165, 1.54) is 17.5 Å². The highest BCUT2D eigenvalue weighted by Gasteiger charge is 2.19. The van der Waals surface area contributed by atoms with Gasteiger partial charge in [-0.15, -0.1) is 11.3 Å². The SMILES string of the molecule is Cc1ccccc1Nc1ncc(C(=O)NCC2CCOCC2)cc1NC(=O)c1csc2ccccc12. The number of ether oxygens (including phenoxy) is 1. The molecule has 5 rings (SSSR count). The van der Waals surface area contributed by atoms with Crippen LogP contribution in [-0.2, 0) is 4.74 Å². The standard InChI is InChI=1S/C28H28N4O3S/c1-18-6-2-4-8-23(18)31-26-24(32-28(34)22-17-36-25-9-5-3-7-21(22)25)14-20(16-29-26)27(33)30-15-19-10-12-35-13-11-19/h2-9,14,16-17,19H,10-13,15H2,1H3,(H,29,31)(H,30,33)(H,32,34). The number of nitrogens with one attached hydrogen (secondary N) is 3. The Morgan fingerprint density at radius 3 is 2.64 bits per heavy atom. The predicted octanol–water partition coefficient (Wildman–Crippen LogP) is 5.76. The van der Waals surface area contributed by atoms with Crippen molar-refractivity contribution in [3.63, 3.8) is 0 Å². The van der Waals surface area contributed by atoms with Crippen LogP contribution in [-0.4, -0.2) is 36.6 Å². The molecule has 2 amide bonds. The second-order valence-electron chi connectivity index (χ2n) is 8.93. The number of amides is 2. The lowest BCUT2D eigenvalue weighted by Crippen LogP contribution is -2.32. The van der Waals surface area contributed by atoms with Gasteiger partial charge in [-0.05, 0) is 49.4 Å². The van der Waals surface area contributed by atoms with E-state index in [2.05, 4.69) is 20.9 Å². The first-order valence-corrected chi connectivity index (χ1v) is 12.9. The van der Waals surface area contributed by atoms with Crippen LogP contribution in [0, 0.1) is 12.8 Å². The van der Waals surface area contributed by atoms with Gasteiger partial charge < -0.3 is 20.7 Å². The molecule has 0 unspecified atom stereocenters. The number of aryl methyl sites for hydroxylation is 1. The normalized spacial score (nSPS) is 13.9. The Kier molecular flexibility index (Phi) is 7.25. The van der Waals surface area contributed by atoms with Crippen LogP contribution in [0.15, 0.2) is 66.2 Å². The van der Waals surface area contributed by atoms with E-state index in [9.17, 15) is 9.59 Å². The monoisotopic (exact) mass is 500 g/mol. The second kappa shape index (κ2) is 10.9. The Morgan fingerprint density at radius 1 is 1.03 bits per heavy atom. The summed E-state index contributed by atoms with van der Waals surface area (Å²) in [7, 11) is 0. The van der Waals surface area contributed by atoms with Gasteiger partial charge in [0.1, 0.15) is 0 Å². The summed E-state index contributed by atoms with van der Waals surface area (Å²) in [4.78, 5) is 30.8. The van der Waals surface area contributed by atoms with Crippen LogP contribution in [0.5, 0.6) is 0 Å². The van der Waals surface area contributed by atoms with Crippen molar-refractivity contribution in [2.75, 3.05) is 30.4 Å². The molecule has 1 saturated heterocycles. The van der Waals surface area contributed by atoms with Gasteiger partial charge in [0.25, 0.3) is 11.8 Å². The number of thiophene rings is 1. The minimum absolute atomic E-state index is 0.215. The number of carbonyl (C=O) groups excluding carboxylic acids is 2. The van der Waals surface area contributed by atoms with E-state index in [-0.39, 0.29) is 11.8 Å². The fourth-order valence-corrected chi connectivity index (χ4v) is 5.20. The molecule has 0 spiro atoms. The first-order valence-electron chi connectivity index (χ1n) is 12.0. The van der Waals surface area contributed by atoms with Crippen molar-refractivity contribution in [1.29, 1.82) is 0 Å². The number of pyridine rings is 1. The fourth-order valence-electron chi connectivity index (χ4n) is 4.26. The quantitative estimate of drug-likeness (QED) is 0.300. The summed E-state index contributed by atoms with van der Waals surface area (Å²) in [5.41, 5.74) is 3.34. The van der Waals surface area contributed by atoms with Crippen LogP contribution in [0.4, 0.5) is 17.2 Å². The van der Waals surface area contributed by atoms with Crippen LogP contribution >= 0.6 is 11.3 Å². The number of para-hydroxylation sites is 1. The van der Waals surface area contributed by atoms with Crippen molar-refractivity contribution >= 4 is 50.4 Å². The molecule has 3 N–H and O–H groups in total. The number of nitrogens with zero attached hydrogens (tertiary/aromatic N) is 1. The lowest BCUT2D eigenvalue weighted by molar-refractivity contribution is 0.0642. The van der Waals surface area contributed by atoms with Gasteiger partial charge in [-0.2, -0.15) is 0 Å². The summed E-state index contributed by atoms with van der Waals surface area (Å²) in [6, 6.07) is 17.3. The molecule has 184 valence electrons. The lowest BCUT2D eigenvalue weighted by Gasteiger charge is -2.22. The molecule has 7 nitrogen and oxygen atoms in total. The highest BCUT2D eigenvalue weighted by Crippen LogP contribution is 2.30. The third-order valence-electron chi connectivity index (χ3n) is 6.41. The average molecular weight is 501 g/mol. The van der Waals surface area contributed by atoms with Gasteiger partial charge in [-0.3, -0.25) is 9.59 Å². The first-order chi connectivity index (χ1) is 17.6. The average Bonchev–Trinajstić information content (AvgIpc) is 3.34. The lowest BCUT2D eigenvalue weighted by atomic mass is 10.0. The number of carbonyl (C=O) groups is 2. The maximum atomic E-state index is 13.3. The topological polar surface area (TPSA) is 92.3 Å². The van der Waals surface area contributed by atoms with Crippen LogP contribution in [0.25, 0.3) is 10.1 Å². The summed E-state index contributed by atoms with van der Waals surface area (Å²) in [5.74, 6) is 0.414. The third-order valence-corrected chi connectivity index (χ3v) is 7.38. The van der Waals surface area contributed by atoms with Crippen LogP contribution in [0.3, 0.4) is 0 Å². The van der Waals surface area contributed by atoms with E-state index in [4.69, 9.17) is 4.74 Å². The Balaban J connectivity index is 1.41. The molecule has 1 fully saturated rings. The molecule has 36 heavy (non-hydrogen) atoms. The molecule has 2 aromatic heterocycles. The van der Waals surface area contributed by atoms with Crippen LogP contribution in [0.2, 0.25) is 0 Å². The zero-order chi connectivity index (χ0) is 24.9. The minimum atomic E-state index is -0.248. The maximum absolute atomic E-state index is 13.3. The van der Waals surface area contributed by atoms with Gasteiger partial charge in [0, 0.05) is 47.1 Å². The van der Waals surface area contributed by atoms with Crippen molar-refractivity contribution in [1.82, 2.24) is 10.3 Å². The van der Waals surface area contributed by atoms with Gasteiger partial charge in [-0.25, -0.2) is 4.98 Å². The number of anilines is 3. The number of aromatic nitrogens is 1. The van der Waals surface area contributed by atoms with E-state index in [1.54, 1.807) is 6.07 Å². The highest BCUT2D eigenvalue weighted by molar-refractivity contribution is 7.17. The van der Waals surface area contributed by atoms with Gasteiger partial charge >= 0.3 is 0 Å². The molecule has 1 aliphatic rings. The molecular weight excluding hydrogens is 472 g/mol. The van der Waals surface area contributed by atoms with Gasteiger partial charge in [-0.1, -0.05) is 36.4 Å². The molecule has 2 aromatic carbocycles. The summed E-state index contributed by atoms with van der Waals surface area (Å²) >= 11 is 1.52. The maximum Gasteiger partial charge on any atom is 0.257 e. The molecule has 0 radical (unpaired) electrons. The molecule has 0 atom stereocenters. The number of rotatable bonds is 7. The number of fused-ring (bicyclic) bond motifs is 1. The molecular formula is C28H28N4O3S. The van der Waals surface area contributed by atoms with Crippen molar-refractivity contribution in [2.24, 2.45) is 5.92 Å². The largest absolute Gasteiger partial charge is 0.381 e. The molecule has 0 bridgehead atoms. The Labute approximate surface area is 213 Å². The van der Waals surface area contributed by atoms with E-state index < -0.39 is 0 Å². The first kappa shape index (κ1) is 24.0. The summed E-state index contributed by atoms with van der Waals surface area (Å²) in [6.07, 6.45) is 3.41. The zero-order valence-corrected chi connectivity index (χ0v) is 20.9. The van der Waals surface area contributed by atoms with Gasteiger partial charge in [0.05, 0.1) is 16.8 Å². The second-order valence-corrected chi connectivity index (χ2v) is 9.84. The molecule has 1 aliphatic heterocycles. The molecule has 0 saturated carbocycles. The zero-order valence-electron chi connectivity index (χ0n) is 20.0. The van der Waals surface area contributed by atoms with Crippen molar-refractivity contribution in [2.45, 2.75) is 19.8 Å². The van der Waals surface area contributed by atoms with E-state index in [0.29, 0.717) is 35.1 Å². The van der Waals surface area contributed by atoms with E-state index >= 15 is 0 Å². The number of hydrogen-bond donors (Lipinski definition) is 3. The fraction of sp³-hybridized carbons (Fsp3) is 0.250. The molecule has 4 aromatic rings. The Bertz CT molecular complexity index is 1390. The molecule has 8 heteroatoms. The predicted molar refractivity (Wildman–Crippen MR) is 144 cm³/mol. The Hall–Kier alpha value is -3.75. The van der Waals surface area contributed by atoms with Crippen LogP contribution in [0.1, 0.15) is 39.1 Å². The summed E-state index contributed by atoms with van der Waals surface area (Å²) in [6.45, 7) is 4.05. The van der Waals surface area contributed by atoms with Crippen molar-refractivity contribution < 1.29 is 14.3 Å². The van der Waals surface area contributed by atoms with Crippen LogP contribution < -0.4 is 16.0 Å². The van der Waals surface area contributed by atoms with E-state index in [0.717, 1.165) is 47.4 Å². The van der Waals surface area contributed by atoms with Crippen molar-refractivity contribution in [3.8, 4) is 0 Å². The number of benzene rings is 2. The van der Waals surface area contributed by atoms with E-state index in [1.807, 2.05) is 60.8 Å². The number of hydrogen-bond acceptors (Lipinski definition) is 6. The molecule has 0 aliphatic carbocycles. The summed E-state index contributed by atoms with van der Waals surface area (Å²) in [5, 5.41) is 12.1. The smallest absolute Gasteiger partial charge is 0.257 e. The molecule has 3 heterocycles.